The summed E-state index contributed by atoms with van der Waals surface area (Å²) >= 11 is 0. The topological polar surface area (TPSA) is 75.7 Å². The average molecular weight is 475 g/mol. The molecule has 1 N–H and O–H groups in total. The lowest BCUT2D eigenvalue weighted by Crippen LogP contribution is -2.43. The molecule has 0 aliphatic heterocycles. The van der Waals surface area contributed by atoms with E-state index in [1.165, 1.54) is 30.6 Å². The van der Waals surface area contributed by atoms with Gasteiger partial charge in [-0.3, -0.25) is 9.59 Å². The second-order valence-electron chi connectivity index (χ2n) is 9.52. The number of aryl methyl sites for hydroxylation is 2. The Hall–Kier alpha value is -2.63. The van der Waals surface area contributed by atoms with Crippen molar-refractivity contribution in [2.75, 3.05) is 20.2 Å². The SMILES string of the molecule is CC(C)C.CCOC(=O)/C(C)=C/[C@H](C(C)C)N(C)C(=O)CNC=O.c1ccc2c(c1)CCCC2. The van der Waals surface area contributed by atoms with Crippen molar-refractivity contribution in [1.29, 1.82) is 0 Å². The molecular formula is C28H46N2O4. The molecule has 6 nitrogen and oxygen atoms in total. The second-order valence-corrected chi connectivity index (χ2v) is 9.52. The van der Waals surface area contributed by atoms with E-state index in [0.717, 1.165) is 5.92 Å². The molecule has 192 valence electrons. The highest BCUT2D eigenvalue weighted by Crippen LogP contribution is 2.19. The van der Waals surface area contributed by atoms with Crippen LogP contribution in [0.3, 0.4) is 0 Å². The van der Waals surface area contributed by atoms with Gasteiger partial charge in [-0.1, -0.05) is 65.0 Å². The summed E-state index contributed by atoms with van der Waals surface area (Å²) in [5.74, 6) is 0.360. The van der Waals surface area contributed by atoms with Crippen molar-refractivity contribution in [3.05, 3.63) is 47.0 Å². The van der Waals surface area contributed by atoms with Gasteiger partial charge in [-0.05, 0) is 62.5 Å². The third-order valence-corrected chi connectivity index (χ3v) is 5.14. The Labute approximate surface area is 207 Å². The fraction of sp³-hybridized carbons (Fsp3) is 0.607. The Morgan fingerprint density at radius 2 is 1.56 bits per heavy atom. The molecule has 34 heavy (non-hydrogen) atoms. The molecule has 0 saturated carbocycles. The van der Waals surface area contributed by atoms with E-state index in [-0.39, 0.29) is 30.4 Å². The first-order valence-corrected chi connectivity index (χ1v) is 12.4. The van der Waals surface area contributed by atoms with Gasteiger partial charge in [-0.25, -0.2) is 4.79 Å². The molecule has 0 unspecified atom stereocenters. The number of hydrogen-bond donors (Lipinski definition) is 1. The van der Waals surface area contributed by atoms with Gasteiger partial charge in [0.1, 0.15) is 0 Å². The predicted octanol–water partition coefficient (Wildman–Crippen LogP) is 4.95. The summed E-state index contributed by atoms with van der Waals surface area (Å²) in [5, 5.41) is 2.34. The van der Waals surface area contributed by atoms with E-state index in [2.05, 4.69) is 50.4 Å². The number of likely N-dealkylation sites (N-methyl/N-ethyl adjacent to an activating group) is 1. The summed E-state index contributed by atoms with van der Waals surface area (Å²) in [6.07, 6.45) is 7.58. The minimum absolute atomic E-state index is 0.0600. The zero-order chi connectivity index (χ0) is 26.1. The van der Waals surface area contributed by atoms with Crippen LogP contribution in [0.4, 0.5) is 0 Å². The lowest BCUT2D eigenvalue weighted by Gasteiger charge is -2.29. The maximum Gasteiger partial charge on any atom is 0.333 e. The highest BCUT2D eigenvalue weighted by molar-refractivity contribution is 5.88. The maximum atomic E-state index is 11.9. The van der Waals surface area contributed by atoms with E-state index < -0.39 is 0 Å². The molecule has 0 heterocycles. The van der Waals surface area contributed by atoms with Crippen LogP contribution in [0.5, 0.6) is 0 Å². The molecule has 0 saturated heterocycles. The number of nitrogens with one attached hydrogen (secondary N) is 1. The number of fused-ring (bicyclic) bond motifs is 1. The number of benzene rings is 1. The molecule has 0 fully saturated rings. The van der Waals surface area contributed by atoms with E-state index in [4.69, 9.17) is 4.74 Å². The molecule has 2 amide bonds. The number of hydrogen-bond acceptors (Lipinski definition) is 4. The van der Waals surface area contributed by atoms with Gasteiger partial charge in [0.15, 0.2) is 0 Å². The standard InChI is InChI=1S/C14H24N2O4.C10H12.C4H10/c1-6-20-14(19)11(4)7-12(10(2)3)16(5)13(18)8-15-9-17;1-2-6-10-8-4-3-7-9(10)5-1;1-4(2)3/h7,9-10,12H,6,8H2,1-5H3,(H,15,17);1-2,5-6H,3-4,7-8H2;4H,1-3H3/b11-7+;;/t12-;;/m1../s1. The quantitative estimate of drug-likeness (QED) is 0.328. The van der Waals surface area contributed by atoms with Gasteiger partial charge >= 0.3 is 5.97 Å². The number of esters is 1. The summed E-state index contributed by atoms with van der Waals surface area (Å²) in [6.45, 7) is 14.1. The minimum atomic E-state index is -0.384. The van der Waals surface area contributed by atoms with Gasteiger partial charge in [-0.2, -0.15) is 0 Å². The van der Waals surface area contributed by atoms with E-state index in [1.807, 2.05) is 13.8 Å². The summed E-state index contributed by atoms with van der Waals surface area (Å²) in [5.41, 5.74) is 3.62. The van der Waals surface area contributed by atoms with Crippen molar-refractivity contribution < 1.29 is 19.1 Å². The summed E-state index contributed by atoms with van der Waals surface area (Å²) in [7, 11) is 1.65. The van der Waals surface area contributed by atoms with E-state index in [1.54, 1.807) is 38.1 Å². The number of rotatable bonds is 8. The number of amides is 2. The Morgan fingerprint density at radius 3 is 1.97 bits per heavy atom. The first-order valence-electron chi connectivity index (χ1n) is 12.4. The van der Waals surface area contributed by atoms with Crippen LogP contribution in [-0.2, 0) is 32.0 Å². The molecule has 0 aromatic heterocycles. The van der Waals surface area contributed by atoms with Crippen LogP contribution in [0.15, 0.2) is 35.9 Å². The van der Waals surface area contributed by atoms with Crippen LogP contribution < -0.4 is 5.32 Å². The average Bonchev–Trinajstić information content (AvgIpc) is 2.80. The van der Waals surface area contributed by atoms with Crippen molar-refractivity contribution >= 4 is 18.3 Å². The largest absolute Gasteiger partial charge is 0.463 e. The van der Waals surface area contributed by atoms with Crippen LogP contribution in [0.2, 0.25) is 0 Å². The highest BCUT2D eigenvalue weighted by atomic mass is 16.5. The zero-order valence-corrected chi connectivity index (χ0v) is 22.5. The van der Waals surface area contributed by atoms with E-state index in [9.17, 15) is 14.4 Å². The van der Waals surface area contributed by atoms with Crippen LogP contribution in [0.1, 0.15) is 72.4 Å². The Kier molecular flexibility index (Phi) is 16.4. The molecule has 1 aromatic carbocycles. The van der Waals surface area contributed by atoms with Gasteiger partial charge < -0.3 is 15.0 Å². The number of nitrogens with zero attached hydrogens (tertiary/aromatic N) is 1. The van der Waals surface area contributed by atoms with Crippen LogP contribution in [-0.4, -0.2) is 49.4 Å². The monoisotopic (exact) mass is 474 g/mol. The number of ether oxygens (including phenoxy) is 1. The van der Waals surface area contributed by atoms with Gasteiger partial charge in [-0.15, -0.1) is 0 Å². The molecule has 1 aliphatic rings. The highest BCUT2D eigenvalue weighted by Gasteiger charge is 2.22. The molecule has 1 aromatic rings. The predicted molar refractivity (Wildman–Crippen MR) is 139 cm³/mol. The van der Waals surface area contributed by atoms with Gasteiger partial charge in [0, 0.05) is 12.6 Å². The minimum Gasteiger partial charge on any atom is -0.463 e. The van der Waals surface area contributed by atoms with Gasteiger partial charge in [0.05, 0.1) is 19.2 Å². The molecule has 6 heteroatoms. The van der Waals surface area contributed by atoms with E-state index >= 15 is 0 Å². The normalized spacial score (nSPS) is 13.4. The molecule has 2 rings (SSSR count). The summed E-state index contributed by atoms with van der Waals surface area (Å²) in [6, 6.07) is 8.57. The first kappa shape index (κ1) is 31.4. The molecule has 1 atom stereocenters. The Morgan fingerprint density at radius 1 is 1.06 bits per heavy atom. The lowest BCUT2D eigenvalue weighted by atomic mass is 9.92. The fourth-order valence-corrected chi connectivity index (χ4v) is 3.42. The third-order valence-electron chi connectivity index (χ3n) is 5.14. The molecule has 0 spiro atoms. The third kappa shape index (κ3) is 13.2. The fourth-order valence-electron chi connectivity index (χ4n) is 3.42. The summed E-state index contributed by atoms with van der Waals surface area (Å²) < 4.78 is 4.92. The summed E-state index contributed by atoms with van der Waals surface area (Å²) in [4.78, 5) is 35.2. The zero-order valence-electron chi connectivity index (χ0n) is 22.5. The molecule has 0 radical (unpaired) electrons. The van der Waals surface area contributed by atoms with Crippen LogP contribution in [0.25, 0.3) is 0 Å². The Balaban J connectivity index is 0.000000632. The van der Waals surface area contributed by atoms with Gasteiger partial charge in [0.2, 0.25) is 12.3 Å². The van der Waals surface area contributed by atoms with Crippen molar-refractivity contribution in [3.63, 3.8) is 0 Å². The van der Waals surface area contributed by atoms with Crippen LogP contribution >= 0.6 is 0 Å². The van der Waals surface area contributed by atoms with Crippen LogP contribution in [0, 0.1) is 11.8 Å². The Bertz CT molecular complexity index is 744. The molecule has 1 aliphatic carbocycles. The smallest absolute Gasteiger partial charge is 0.333 e. The lowest BCUT2D eigenvalue weighted by molar-refractivity contribution is -0.138. The van der Waals surface area contributed by atoms with Crippen molar-refractivity contribution in [1.82, 2.24) is 10.2 Å². The first-order chi connectivity index (χ1) is 16.0. The number of carbonyl (C=O) groups excluding carboxylic acids is 3. The second kappa shape index (κ2) is 17.8. The number of carbonyl (C=O) groups is 3. The van der Waals surface area contributed by atoms with Crippen molar-refractivity contribution in [2.45, 2.75) is 80.2 Å². The van der Waals surface area contributed by atoms with Crippen molar-refractivity contribution in [2.24, 2.45) is 11.8 Å². The van der Waals surface area contributed by atoms with Gasteiger partial charge in [0.25, 0.3) is 0 Å². The maximum absolute atomic E-state index is 11.9. The molecular weight excluding hydrogens is 428 g/mol. The van der Waals surface area contributed by atoms with Crippen molar-refractivity contribution in [3.8, 4) is 0 Å². The molecule has 0 bridgehead atoms. The van der Waals surface area contributed by atoms with E-state index in [0.29, 0.717) is 18.6 Å².